The average molecular weight is 175 g/mol. The molecule has 0 aromatic rings. The normalized spacial score (nSPS) is 11.5. The summed E-state index contributed by atoms with van der Waals surface area (Å²) in [6.07, 6.45) is 0.930. The van der Waals surface area contributed by atoms with Gasteiger partial charge in [-0.25, -0.2) is 0 Å². The van der Waals surface area contributed by atoms with Crippen LogP contribution in [0.15, 0.2) is 12.3 Å². The molecule has 0 aliphatic carbocycles. The lowest BCUT2D eigenvalue weighted by atomic mass is 10.5. The fraction of sp³-hybridized carbons (Fsp3) is 0.714. The third-order valence-electron chi connectivity index (χ3n) is 1.73. The fourth-order valence-corrected chi connectivity index (χ4v) is 2.71. The van der Waals surface area contributed by atoms with Crippen LogP contribution in [0.4, 0.5) is 0 Å². The van der Waals surface area contributed by atoms with E-state index in [9.17, 15) is 0 Å². The molecule has 11 heavy (non-hydrogen) atoms. The molecular formula is C7H17NO2Si. The van der Waals surface area contributed by atoms with Crippen LogP contribution in [0.1, 0.15) is 6.42 Å². The van der Waals surface area contributed by atoms with Crippen LogP contribution in [0, 0.1) is 0 Å². The lowest BCUT2D eigenvalue weighted by Crippen LogP contribution is -2.38. The highest BCUT2D eigenvalue weighted by molar-refractivity contribution is 6.72. The predicted molar refractivity (Wildman–Crippen MR) is 48.4 cm³/mol. The topological polar surface area (TPSA) is 44.5 Å². The van der Waals surface area contributed by atoms with Crippen molar-refractivity contribution in [3.8, 4) is 0 Å². The molecule has 3 nitrogen and oxygen atoms in total. The Bertz CT molecular complexity index is 115. The first kappa shape index (κ1) is 10.8. The van der Waals surface area contributed by atoms with E-state index < -0.39 is 8.56 Å². The standard InChI is InChI=1S/C7H17NO2Si/c1-4-11(9-2,10-3)7-5-6-8/h4H,1,5-8H2,2-3H3. The molecule has 0 spiro atoms. The van der Waals surface area contributed by atoms with Crippen molar-refractivity contribution in [2.45, 2.75) is 12.5 Å². The highest BCUT2D eigenvalue weighted by Crippen LogP contribution is 2.14. The summed E-state index contributed by atoms with van der Waals surface area (Å²) >= 11 is 0. The van der Waals surface area contributed by atoms with Gasteiger partial charge >= 0.3 is 8.56 Å². The molecule has 0 atom stereocenters. The van der Waals surface area contributed by atoms with E-state index in [1.807, 2.05) is 0 Å². The van der Waals surface area contributed by atoms with Crippen molar-refractivity contribution in [1.82, 2.24) is 0 Å². The van der Waals surface area contributed by atoms with E-state index >= 15 is 0 Å². The van der Waals surface area contributed by atoms with E-state index in [1.165, 1.54) is 0 Å². The van der Waals surface area contributed by atoms with Gasteiger partial charge in [-0.3, -0.25) is 0 Å². The molecule has 0 unspecified atom stereocenters. The summed E-state index contributed by atoms with van der Waals surface area (Å²) in [5.74, 6) is 0. The lowest BCUT2D eigenvalue weighted by molar-refractivity contribution is 0.255. The molecule has 4 heteroatoms. The number of nitrogens with two attached hydrogens (primary N) is 1. The van der Waals surface area contributed by atoms with Crippen molar-refractivity contribution < 1.29 is 8.85 Å². The Labute approximate surface area is 69.4 Å². The zero-order valence-corrected chi connectivity index (χ0v) is 8.30. The summed E-state index contributed by atoms with van der Waals surface area (Å²) in [6.45, 7) is 4.37. The molecule has 2 N–H and O–H groups in total. The first-order valence-corrected chi connectivity index (χ1v) is 5.78. The first-order chi connectivity index (χ1) is 5.24. The molecule has 0 amide bonds. The van der Waals surface area contributed by atoms with Crippen LogP contribution in [0.3, 0.4) is 0 Å². The van der Waals surface area contributed by atoms with Crippen molar-refractivity contribution >= 4 is 8.56 Å². The Morgan fingerprint density at radius 1 is 1.45 bits per heavy atom. The smallest absolute Gasteiger partial charge is 0.363 e. The molecule has 0 aliphatic heterocycles. The second kappa shape index (κ2) is 5.48. The zero-order valence-electron chi connectivity index (χ0n) is 7.30. The van der Waals surface area contributed by atoms with Gasteiger partial charge in [0.1, 0.15) is 0 Å². The SMILES string of the molecule is C=C[Si](CCCN)(OC)OC. The molecule has 0 saturated heterocycles. The van der Waals surface area contributed by atoms with E-state index in [0.717, 1.165) is 12.5 Å². The van der Waals surface area contributed by atoms with Crippen LogP contribution in [0.25, 0.3) is 0 Å². The van der Waals surface area contributed by atoms with Gasteiger partial charge in [-0.1, -0.05) is 0 Å². The van der Waals surface area contributed by atoms with Gasteiger partial charge in [0.25, 0.3) is 0 Å². The van der Waals surface area contributed by atoms with Gasteiger partial charge in [-0.05, 0) is 24.7 Å². The summed E-state index contributed by atoms with van der Waals surface area (Å²) < 4.78 is 10.6. The number of hydrogen-bond donors (Lipinski definition) is 1. The Hall–Kier alpha value is -0.163. The average Bonchev–Trinajstić information content (AvgIpc) is 2.08. The van der Waals surface area contributed by atoms with Crippen LogP contribution in [-0.4, -0.2) is 29.3 Å². The van der Waals surface area contributed by atoms with E-state index in [1.54, 1.807) is 19.9 Å². The second-order valence-electron chi connectivity index (χ2n) is 2.32. The molecule has 0 aliphatic rings. The van der Waals surface area contributed by atoms with Crippen LogP contribution in [0.5, 0.6) is 0 Å². The van der Waals surface area contributed by atoms with Gasteiger partial charge < -0.3 is 14.6 Å². The van der Waals surface area contributed by atoms with Gasteiger partial charge in [0.05, 0.1) is 0 Å². The molecule has 0 fully saturated rings. The molecule has 0 heterocycles. The van der Waals surface area contributed by atoms with Gasteiger partial charge in [0, 0.05) is 14.2 Å². The maximum Gasteiger partial charge on any atom is 0.363 e. The monoisotopic (exact) mass is 175 g/mol. The van der Waals surface area contributed by atoms with Gasteiger partial charge in [0.2, 0.25) is 0 Å². The maximum atomic E-state index is 5.38. The largest absolute Gasteiger partial charge is 0.395 e. The minimum absolute atomic E-state index is 0.676. The molecule has 0 rings (SSSR count). The Balaban J connectivity index is 3.94. The first-order valence-electron chi connectivity index (χ1n) is 3.68. The third-order valence-corrected chi connectivity index (χ3v) is 4.79. The predicted octanol–water partition coefficient (Wildman–Crippen LogP) is 0.795. The van der Waals surface area contributed by atoms with Crippen molar-refractivity contribution in [1.29, 1.82) is 0 Å². The molecule has 0 bridgehead atoms. The van der Waals surface area contributed by atoms with Crippen LogP contribution in [-0.2, 0) is 8.85 Å². The number of hydrogen-bond acceptors (Lipinski definition) is 3. The highest BCUT2D eigenvalue weighted by Gasteiger charge is 2.30. The van der Waals surface area contributed by atoms with E-state index in [4.69, 9.17) is 14.6 Å². The quantitative estimate of drug-likeness (QED) is 0.607. The Morgan fingerprint density at radius 2 is 2.00 bits per heavy atom. The van der Waals surface area contributed by atoms with Crippen molar-refractivity contribution in [2.75, 3.05) is 20.8 Å². The number of rotatable bonds is 6. The summed E-state index contributed by atoms with van der Waals surface area (Å²) in [5, 5.41) is 0. The molecule has 0 saturated carbocycles. The summed E-state index contributed by atoms with van der Waals surface area (Å²) in [7, 11) is 1.27. The van der Waals surface area contributed by atoms with Gasteiger partial charge in [0.15, 0.2) is 0 Å². The van der Waals surface area contributed by atoms with Crippen molar-refractivity contribution in [2.24, 2.45) is 5.73 Å². The molecule has 0 radical (unpaired) electrons. The molecule has 0 aromatic heterocycles. The Morgan fingerprint density at radius 3 is 2.27 bits per heavy atom. The fourth-order valence-electron chi connectivity index (χ4n) is 0.905. The second-order valence-corrected chi connectivity index (χ2v) is 5.66. The van der Waals surface area contributed by atoms with Crippen LogP contribution < -0.4 is 5.73 Å². The molecular weight excluding hydrogens is 158 g/mol. The minimum atomic E-state index is -2.05. The maximum absolute atomic E-state index is 5.38. The van der Waals surface area contributed by atoms with Crippen molar-refractivity contribution in [3.63, 3.8) is 0 Å². The Kier molecular flexibility index (Phi) is 5.40. The van der Waals surface area contributed by atoms with Crippen LogP contribution >= 0.6 is 0 Å². The summed E-state index contributed by atoms with van der Waals surface area (Å²) in [6, 6.07) is 0.889. The zero-order chi connectivity index (χ0) is 8.74. The van der Waals surface area contributed by atoms with Crippen LogP contribution in [0.2, 0.25) is 6.04 Å². The third kappa shape index (κ3) is 3.16. The van der Waals surface area contributed by atoms with Gasteiger partial charge in [-0.2, -0.15) is 0 Å². The minimum Gasteiger partial charge on any atom is -0.395 e. The molecule has 0 aromatic carbocycles. The van der Waals surface area contributed by atoms with E-state index in [-0.39, 0.29) is 0 Å². The van der Waals surface area contributed by atoms with Crippen molar-refractivity contribution in [3.05, 3.63) is 12.3 Å². The highest BCUT2D eigenvalue weighted by atomic mass is 28.4. The van der Waals surface area contributed by atoms with E-state index in [0.29, 0.717) is 6.54 Å². The molecule has 66 valence electrons. The van der Waals surface area contributed by atoms with Gasteiger partial charge in [-0.15, -0.1) is 6.58 Å². The lowest BCUT2D eigenvalue weighted by Gasteiger charge is -2.22. The van der Waals surface area contributed by atoms with E-state index in [2.05, 4.69) is 6.58 Å². The summed E-state index contributed by atoms with van der Waals surface area (Å²) in [4.78, 5) is 0. The summed E-state index contributed by atoms with van der Waals surface area (Å²) in [5.41, 5.74) is 7.17.